The molecule has 0 unspecified atom stereocenters. The van der Waals surface area contributed by atoms with Gasteiger partial charge >= 0.3 is 5.97 Å². The van der Waals surface area contributed by atoms with Gasteiger partial charge in [-0.1, -0.05) is 13.8 Å². The van der Waals surface area contributed by atoms with Crippen LogP contribution >= 0.6 is 0 Å². The monoisotopic (exact) mass is 349 g/mol. The Labute approximate surface area is 148 Å². The molecule has 6 nitrogen and oxygen atoms in total. The van der Waals surface area contributed by atoms with E-state index >= 15 is 0 Å². The van der Waals surface area contributed by atoms with Gasteiger partial charge in [-0.05, 0) is 50.8 Å². The third-order valence-electron chi connectivity index (χ3n) is 3.63. The fraction of sp³-hybridized carbons (Fsp3) is 0.579. The van der Waals surface area contributed by atoms with Crippen LogP contribution in [-0.4, -0.2) is 37.2 Å². The van der Waals surface area contributed by atoms with Crippen molar-refractivity contribution in [2.75, 3.05) is 13.2 Å². The van der Waals surface area contributed by atoms with Gasteiger partial charge < -0.3 is 19.5 Å². The molecule has 0 bridgehead atoms. The van der Waals surface area contributed by atoms with Crippen LogP contribution in [0.15, 0.2) is 18.2 Å². The first-order valence-corrected chi connectivity index (χ1v) is 8.81. The highest BCUT2D eigenvalue weighted by molar-refractivity contribution is 5.93. The van der Waals surface area contributed by atoms with Gasteiger partial charge in [0.2, 0.25) is 0 Å². The molecule has 138 valence electrons. The highest BCUT2D eigenvalue weighted by Gasteiger charge is 2.27. The summed E-state index contributed by atoms with van der Waals surface area (Å²) in [7, 11) is 0. The van der Waals surface area contributed by atoms with Gasteiger partial charge in [0.25, 0.3) is 5.91 Å². The molecule has 1 fully saturated rings. The minimum Gasteiger partial charge on any atom is -0.490 e. The average Bonchev–Trinajstić information content (AvgIpc) is 3.37. The summed E-state index contributed by atoms with van der Waals surface area (Å²) in [6, 6.07) is 5.13. The number of hydrogen-bond donors (Lipinski definition) is 1. The van der Waals surface area contributed by atoms with Crippen molar-refractivity contribution in [2.45, 2.75) is 52.7 Å². The predicted octanol–water partition coefficient (Wildman–Crippen LogP) is 2.94. The minimum atomic E-state index is -0.833. The molecular weight excluding hydrogens is 322 g/mol. The van der Waals surface area contributed by atoms with Crippen molar-refractivity contribution in [3.63, 3.8) is 0 Å². The summed E-state index contributed by atoms with van der Waals surface area (Å²) in [6.45, 7) is 8.56. The van der Waals surface area contributed by atoms with E-state index < -0.39 is 12.1 Å². The van der Waals surface area contributed by atoms with Crippen molar-refractivity contribution in [1.29, 1.82) is 0 Å². The summed E-state index contributed by atoms with van der Waals surface area (Å²) >= 11 is 0. The lowest BCUT2D eigenvalue weighted by Crippen LogP contribution is -2.37. The van der Waals surface area contributed by atoms with Crippen molar-refractivity contribution >= 4 is 11.9 Å². The van der Waals surface area contributed by atoms with Crippen molar-refractivity contribution in [3.05, 3.63) is 23.8 Å². The van der Waals surface area contributed by atoms with E-state index in [-0.39, 0.29) is 11.9 Å². The number of ether oxygens (including phenoxy) is 3. The first-order valence-electron chi connectivity index (χ1n) is 8.81. The maximum atomic E-state index is 12.3. The zero-order chi connectivity index (χ0) is 18.4. The van der Waals surface area contributed by atoms with E-state index in [0.29, 0.717) is 36.2 Å². The van der Waals surface area contributed by atoms with Gasteiger partial charge in [0, 0.05) is 6.04 Å². The minimum absolute atomic E-state index is 0.232. The molecule has 1 N–H and O–H groups in total. The van der Waals surface area contributed by atoms with Crippen molar-refractivity contribution in [2.24, 2.45) is 5.92 Å². The highest BCUT2D eigenvalue weighted by Crippen LogP contribution is 2.29. The molecule has 2 rings (SSSR count). The second-order valence-electron chi connectivity index (χ2n) is 6.63. The summed E-state index contributed by atoms with van der Waals surface area (Å²) in [5.74, 6) is 0.636. The maximum Gasteiger partial charge on any atom is 0.339 e. The normalized spacial score (nSPS) is 14.8. The van der Waals surface area contributed by atoms with E-state index in [0.717, 1.165) is 12.8 Å². The molecule has 0 radical (unpaired) electrons. The summed E-state index contributed by atoms with van der Waals surface area (Å²) in [4.78, 5) is 24.2. The third kappa shape index (κ3) is 5.96. The van der Waals surface area contributed by atoms with Crippen LogP contribution in [0.2, 0.25) is 0 Å². The van der Waals surface area contributed by atoms with E-state index in [1.165, 1.54) is 0 Å². The molecule has 1 aromatic carbocycles. The van der Waals surface area contributed by atoms with Gasteiger partial charge in [-0.25, -0.2) is 4.79 Å². The maximum absolute atomic E-state index is 12.3. The summed E-state index contributed by atoms with van der Waals surface area (Å²) in [5, 5.41) is 2.82. The fourth-order valence-corrected chi connectivity index (χ4v) is 2.11. The van der Waals surface area contributed by atoms with Crippen LogP contribution in [0, 0.1) is 5.92 Å². The smallest absolute Gasteiger partial charge is 0.339 e. The van der Waals surface area contributed by atoms with Gasteiger partial charge in [0.15, 0.2) is 17.6 Å². The van der Waals surface area contributed by atoms with Crippen LogP contribution in [0.1, 0.15) is 50.9 Å². The van der Waals surface area contributed by atoms with Crippen LogP contribution in [0.3, 0.4) is 0 Å². The number of esters is 1. The Kier molecular flexibility index (Phi) is 6.67. The van der Waals surface area contributed by atoms with Gasteiger partial charge in [-0.3, -0.25) is 4.79 Å². The zero-order valence-corrected chi connectivity index (χ0v) is 15.3. The van der Waals surface area contributed by atoms with E-state index in [1.54, 1.807) is 25.1 Å². The first-order chi connectivity index (χ1) is 11.9. The number of benzene rings is 1. The molecule has 1 aliphatic carbocycles. The topological polar surface area (TPSA) is 73.9 Å². The Morgan fingerprint density at radius 3 is 2.48 bits per heavy atom. The molecule has 1 atom stereocenters. The van der Waals surface area contributed by atoms with E-state index in [2.05, 4.69) is 19.2 Å². The Morgan fingerprint density at radius 2 is 1.88 bits per heavy atom. The van der Waals surface area contributed by atoms with Crippen LogP contribution in [0.25, 0.3) is 0 Å². The Bertz CT molecular complexity index is 610. The second-order valence-corrected chi connectivity index (χ2v) is 6.63. The number of hydrogen-bond acceptors (Lipinski definition) is 5. The van der Waals surface area contributed by atoms with E-state index in [4.69, 9.17) is 14.2 Å². The number of carbonyl (C=O) groups excluding carboxylic acids is 2. The molecule has 0 aromatic heterocycles. The van der Waals surface area contributed by atoms with Crippen molar-refractivity contribution < 1.29 is 23.8 Å². The number of nitrogens with one attached hydrogen (secondary N) is 1. The molecule has 0 aliphatic heterocycles. The van der Waals surface area contributed by atoms with Crippen molar-refractivity contribution in [1.82, 2.24) is 5.32 Å². The van der Waals surface area contributed by atoms with Crippen LogP contribution in [-0.2, 0) is 9.53 Å². The molecule has 0 spiro atoms. The lowest BCUT2D eigenvalue weighted by Gasteiger charge is -2.16. The standard InChI is InChI=1S/C19H27NO5/c1-5-23-17-10-14(6-9-16(17)24-11-12(2)3)19(22)25-13(4)18(21)20-15-7-8-15/h6,9-10,12-13,15H,5,7-8,11H2,1-4H3,(H,20,21)/t13-/m0/s1. The molecular formula is C19H27NO5. The number of amides is 1. The Balaban J connectivity index is 2.02. The molecule has 0 heterocycles. The third-order valence-corrected chi connectivity index (χ3v) is 3.63. The average molecular weight is 349 g/mol. The molecule has 1 saturated carbocycles. The molecule has 25 heavy (non-hydrogen) atoms. The number of rotatable bonds is 9. The van der Waals surface area contributed by atoms with Crippen molar-refractivity contribution in [3.8, 4) is 11.5 Å². The van der Waals surface area contributed by atoms with E-state index in [1.807, 2.05) is 6.92 Å². The largest absolute Gasteiger partial charge is 0.490 e. The highest BCUT2D eigenvalue weighted by atomic mass is 16.5. The molecule has 0 saturated heterocycles. The molecule has 6 heteroatoms. The predicted molar refractivity (Wildman–Crippen MR) is 94.0 cm³/mol. The second kappa shape index (κ2) is 8.74. The summed E-state index contributed by atoms with van der Waals surface area (Å²) in [5.41, 5.74) is 0.325. The van der Waals surface area contributed by atoms with Gasteiger partial charge in [0.05, 0.1) is 18.8 Å². The fourth-order valence-electron chi connectivity index (χ4n) is 2.11. The van der Waals surface area contributed by atoms with Crippen LogP contribution in [0.4, 0.5) is 0 Å². The van der Waals surface area contributed by atoms with Gasteiger partial charge in [-0.2, -0.15) is 0 Å². The number of carbonyl (C=O) groups is 2. The lowest BCUT2D eigenvalue weighted by molar-refractivity contribution is -0.129. The molecule has 1 aromatic rings. The molecule has 1 aliphatic rings. The summed E-state index contributed by atoms with van der Waals surface area (Å²) in [6.07, 6.45) is 1.14. The van der Waals surface area contributed by atoms with Crippen LogP contribution < -0.4 is 14.8 Å². The van der Waals surface area contributed by atoms with Gasteiger partial charge in [0.1, 0.15) is 0 Å². The summed E-state index contributed by atoms with van der Waals surface area (Å²) < 4.78 is 16.5. The van der Waals surface area contributed by atoms with Crippen LogP contribution in [0.5, 0.6) is 11.5 Å². The first kappa shape index (κ1) is 19.1. The quantitative estimate of drug-likeness (QED) is 0.694. The lowest BCUT2D eigenvalue weighted by atomic mass is 10.2. The SMILES string of the molecule is CCOc1cc(C(=O)O[C@@H](C)C(=O)NC2CC2)ccc1OCC(C)C. The Hall–Kier alpha value is -2.24. The Morgan fingerprint density at radius 1 is 1.16 bits per heavy atom. The van der Waals surface area contributed by atoms with E-state index in [9.17, 15) is 9.59 Å². The van der Waals surface area contributed by atoms with Gasteiger partial charge in [-0.15, -0.1) is 0 Å². The zero-order valence-electron chi connectivity index (χ0n) is 15.3. The molecule has 1 amide bonds.